The lowest BCUT2D eigenvalue weighted by Crippen LogP contribution is -2.27. The number of aliphatic hydroxyl groups is 2. The van der Waals surface area contributed by atoms with Crippen molar-refractivity contribution in [2.75, 3.05) is 6.54 Å². The van der Waals surface area contributed by atoms with Crippen molar-refractivity contribution in [2.24, 2.45) is 5.73 Å². The molecule has 68 valence electrons. The summed E-state index contributed by atoms with van der Waals surface area (Å²) in [7, 11) is 0. The lowest BCUT2D eigenvalue weighted by atomic mass is 10.1. The molecule has 0 aromatic carbocycles. The number of aromatic nitrogens is 2. The molecule has 0 aliphatic carbocycles. The van der Waals surface area contributed by atoms with Gasteiger partial charge in [0.2, 0.25) is 0 Å². The highest BCUT2D eigenvalue weighted by molar-refractivity contribution is 5.13. The van der Waals surface area contributed by atoms with E-state index in [4.69, 9.17) is 5.73 Å². The first-order valence-corrected chi connectivity index (χ1v) is 3.73. The van der Waals surface area contributed by atoms with Gasteiger partial charge in [-0.3, -0.25) is 0 Å². The van der Waals surface area contributed by atoms with Gasteiger partial charge in [0.25, 0.3) is 0 Å². The van der Waals surface area contributed by atoms with Gasteiger partial charge in [-0.05, 0) is 6.92 Å². The van der Waals surface area contributed by atoms with Gasteiger partial charge in [-0.1, -0.05) is 0 Å². The van der Waals surface area contributed by atoms with Gasteiger partial charge in [0.1, 0.15) is 6.10 Å². The fourth-order valence-electron chi connectivity index (χ4n) is 0.979. The van der Waals surface area contributed by atoms with Crippen molar-refractivity contribution < 1.29 is 10.2 Å². The van der Waals surface area contributed by atoms with Crippen LogP contribution in [0.5, 0.6) is 0 Å². The zero-order chi connectivity index (χ0) is 9.14. The summed E-state index contributed by atoms with van der Waals surface area (Å²) < 4.78 is 0. The van der Waals surface area contributed by atoms with Gasteiger partial charge in [0.05, 0.1) is 18.1 Å². The fourth-order valence-corrected chi connectivity index (χ4v) is 0.979. The topological polar surface area (TPSA) is 95.2 Å². The van der Waals surface area contributed by atoms with E-state index in [9.17, 15) is 10.2 Å². The largest absolute Gasteiger partial charge is 0.389 e. The summed E-state index contributed by atoms with van der Waals surface area (Å²) in [5.41, 5.74) is 6.38. The predicted octanol–water partition coefficient (Wildman–Crippen LogP) is -0.929. The molecule has 0 aliphatic rings. The smallest absolute Gasteiger partial charge is 0.125 e. The Morgan fingerprint density at radius 1 is 1.67 bits per heavy atom. The molecule has 5 heteroatoms. The Morgan fingerprint density at radius 3 is 2.75 bits per heavy atom. The summed E-state index contributed by atoms with van der Waals surface area (Å²) in [5.74, 6) is 0. The van der Waals surface area contributed by atoms with Crippen LogP contribution in [0.3, 0.4) is 0 Å². The van der Waals surface area contributed by atoms with Crippen molar-refractivity contribution in [3.05, 3.63) is 17.7 Å². The summed E-state index contributed by atoms with van der Waals surface area (Å²) in [6.07, 6.45) is -0.481. The molecule has 1 aromatic heterocycles. The summed E-state index contributed by atoms with van der Waals surface area (Å²) in [6, 6.07) is 0. The minimum absolute atomic E-state index is 0.0213. The third-order valence-corrected chi connectivity index (χ3v) is 1.76. The lowest BCUT2D eigenvalue weighted by molar-refractivity contribution is 0.0215. The first-order chi connectivity index (χ1) is 5.66. The second kappa shape index (κ2) is 3.66. The van der Waals surface area contributed by atoms with Gasteiger partial charge in [0.15, 0.2) is 0 Å². The van der Waals surface area contributed by atoms with E-state index in [0.29, 0.717) is 5.69 Å². The van der Waals surface area contributed by atoms with Crippen LogP contribution in [0.4, 0.5) is 0 Å². The van der Waals surface area contributed by atoms with Crippen molar-refractivity contribution >= 4 is 0 Å². The number of hydrogen-bond acceptors (Lipinski definition) is 4. The van der Waals surface area contributed by atoms with E-state index >= 15 is 0 Å². The number of nitrogens with one attached hydrogen (secondary N) is 1. The Labute approximate surface area is 70.2 Å². The molecular formula is C7H13N3O2. The van der Waals surface area contributed by atoms with Crippen LogP contribution in [0.2, 0.25) is 0 Å². The lowest BCUT2D eigenvalue weighted by Gasteiger charge is -2.14. The summed E-state index contributed by atoms with van der Waals surface area (Å²) >= 11 is 0. The van der Waals surface area contributed by atoms with Crippen LogP contribution in [0.25, 0.3) is 0 Å². The van der Waals surface area contributed by atoms with Crippen molar-refractivity contribution in [1.82, 2.24) is 9.97 Å². The molecule has 0 fully saturated rings. The first kappa shape index (κ1) is 9.18. The molecule has 2 unspecified atom stereocenters. The van der Waals surface area contributed by atoms with Crippen molar-refractivity contribution in [2.45, 2.75) is 19.1 Å². The van der Waals surface area contributed by atoms with Crippen LogP contribution in [-0.4, -0.2) is 32.8 Å². The maximum Gasteiger partial charge on any atom is 0.125 e. The molecule has 12 heavy (non-hydrogen) atoms. The number of rotatable bonds is 3. The molecule has 5 nitrogen and oxygen atoms in total. The highest BCUT2D eigenvalue weighted by atomic mass is 16.3. The van der Waals surface area contributed by atoms with E-state index in [1.807, 2.05) is 0 Å². The number of aryl methyl sites for hydroxylation is 1. The monoisotopic (exact) mass is 171 g/mol. The molecule has 0 aliphatic heterocycles. The number of hydrogen-bond donors (Lipinski definition) is 4. The van der Waals surface area contributed by atoms with Crippen LogP contribution >= 0.6 is 0 Å². The second-order valence-corrected chi connectivity index (χ2v) is 2.66. The molecule has 2 atom stereocenters. The Bertz CT molecular complexity index is 249. The Balaban J connectivity index is 2.77. The van der Waals surface area contributed by atoms with Crippen LogP contribution < -0.4 is 5.73 Å². The van der Waals surface area contributed by atoms with Crippen LogP contribution in [0.15, 0.2) is 6.33 Å². The maximum atomic E-state index is 9.45. The molecule has 1 aromatic rings. The third kappa shape index (κ3) is 1.63. The van der Waals surface area contributed by atoms with Crippen molar-refractivity contribution in [1.29, 1.82) is 0 Å². The fraction of sp³-hybridized carbons (Fsp3) is 0.571. The van der Waals surface area contributed by atoms with E-state index in [-0.39, 0.29) is 6.54 Å². The number of aliphatic hydroxyl groups excluding tert-OH is 2. The summed E-state index contributed by atoms with van der Waals surface area (Å²) in [4.78, 5) is 6.67. The van der Waals surface area contributed by atoms with Crippen LogP contribution in [0.1, 0.15) is 17.5 Å². The number of aromatic amines is 1. The van der Waals surface area contributed by atoms with Gasteiger partial charge in [-0.25, -0.2) is 4.98 Å². The number of nitrogens with two attached hydrogens (primary N) is 1. The molecule has 0 spiro atoms. The van der Waals surface area contributed by atoms with Gasteiger partial charge in [-0.15, -0.1) is 0 Å². The highest BCUT2D eigenvalue weighted by Crippen LogP contribution is 2.16. The Hall–Kier alpha value is -0.910. The SMILES string of the molecule is Cc1[nH]cnc1C(O)C(O)CN. The minimum Gasteiger partial charge on any atom is -0.389 e. The van der Waals surface area contributed by atoms with Crippen molar-refractivity contribution in [3.8, 4) is 0 Å². The molecule has 0 saturated heterocycles. The maximum absolute atomic E-state index is 9.45. The van der Waals surface area contributed by atoms with E-state index in [1.165, 1.54) is 6.33 Å². The highest BCUT2D eigenvalue weighted by Gasteiger charge is 2.20. The average Bonchev–Trinajstić information content (AvgIpc) is 2.48. The number of imidazole rings is 1. The molecular weight excluding hydrogens is 158 g/mol. The van der Waals surface area contributed by atoms with E-state index in [1.54, 1.807) is 6.92 Å². The zero-order valence-electron chi connectivity index (χ0n) is 6.86. The number of H-pyrrole nitrogens is 1. The van der Waals surface area contributed by atoms with E-state index in [0.717, 1.165) is 5.69 Å². The third-order valence-electron chi connectivity index (χ3n) is 1.76. The van der Waals surface area contributed by atoms with Crippen LogP contribution in [-0.2, 0) is 0 Å². The average molecular weight is 171 g/mol. The van der Waals surface area contributed by atoms with Gasteiger partial charge in [0, 0.05) is 12.2 Å². The Kier molecular flexibility index (Phi) is 2.80. The van der Waals surface area contributed by atoms with Gasteiger partial charge in [-0.2, -0.15) is 0 Å². The summed E-state index contributed by atoms with van der Waals surface area (Å²) in [5, 5.41) is 18.6. The molecule has 5 N–H and O–H groups in total. The minimum atomic E-state index is -0.999. The normalized spacial score (nSPS) is 16.0. The predicted molar refractivity (Wildman–Crippen MR) is 43.3 cm³/mol. The first-order valence-electron chi connectivity index (χ1n) is 3.73. The molecule has 1 heterocycles. The number of nitrogens with zero attached hydrogens (tertiary/aromatic N) is 1. The zero-order valence-corrected chi connectivity index (χ0v) is 6.86. The van der Waals surface area contributed by atoms with Gasteiger partial charge < -0.3 is 20.9 Å². The molecule has 0 radical (unpaired) electrons. The Morgan fingerprint density at radius 2 is 2.33 bits per heavy atom. The quantitative estimate of drug-likeness (QED) is 0.472. The summed E-state index contributed by atoms with van der Waals surface area (Å²) in [6.45, 7) is 1.79. The standard InChI is InChI=1S/C7H13N3O2/c1-4-6(10-3-9-4)7(12)5(11)2-8/h3,5,7,11-12H,2,8H2,1H3,(H,9,10). The van der Waals surface area contributed by atoms with Gasteiger partial charge >= 0.3 is 0 Å². The van der Waals surface area contributed by atoms with Crippen LogP contribution in [0, 0.1) is 6.92 Å². The molecule has 0 bridgehead atoms. The van der Waals surface area contributed by atoms with E-state index < -0.39 is 12.2 Å². The second-order valence-electron chi connectivity index (χ2n) is 2.66. The molecule has 0 saturated carbocycles. The molecule has 0 amide bonds. The molecule has 1 rings (SSSR count). The van der Waals surface area contributed by atoms with E-state index in [2.05, 4.69) is 9.97 Å². The van der Waals surface area contributed by atoms with Crippen molar-refractivity contribution in [3.63, 3.8) is 0 Å².